The molecule has 1 aromatic heterocycles. The van der Waals surface area contributed by atoms with Crippen molar-refractivity contribution in [3.63, 3.8) is 0 Å². The van der Waals surface area contributed by atoms with Crippen LogP contribution in [0.25, 0.3) is 10.9 Å². The van der Waals surface area contributed by atoms with Gasteiger partial charge in [-0.2, -0.15) is 5.26 Å². The molecule has 0 saturated carbocycles. The van der Waals surface area contributed by atoms with Crippen LogP contribution >= 0.6 is 0 Å². The predicted octanol–water partition coefficient (Wildman–Crippen LogP) is 2.83. The van der Waals surface area contributed by atoms with E-state index in [-0.39, 0.29) is 11.6 Å². The zero-order valence-electron chi connectivity index (χ0n) is 14.7. The topological polar surface area (TPSA) is 92.1 Å². The average molecular weight is 339 g/mol. The molecule has 1 amide bonds. The van der Waals surface area contributed by atoms with Crippen LogP contribution in [0.3, 0.4) is 0 Å². The third-order valence-corrected chi connectivity index (χ3v) is 4.23. The highest BCUT2D eigenvalue weighted by Crippen LogP contribution is 2.16. The van der Waals surface area contributed by atoms with E-state index >= 15 is 0 Å². The van der Waals surface area contributed by atoms with Crippen LogP contribution in [-0.4, -0.2) is 28.5 Å². The van der Waals surface area contributed by atoms with Crippen LogP contribution in [-0.2, 0) is 9.53 Å². The number of para-hydroxylation sites is 1. The van der Waals surface area contributed by atoms with Crippen LogP contribution in [0.15, 0.2) is 36.4 Å². The highest BCUT2D eigenvalue weighted by Gasteiger charge is 2.32. The normalized spacial score (nSPS) is 14.4. The van der Waals surface area contributed by atoms with Gasteiger partial charge in [-0.25, -0.2) is 9.78 Å². The largest absolute Gasteiger partial charge is 0.448 e. The van der Waals surface area contributed by atoms with Crippen molar-refractivity contribution in [2.45, 2.75) is 39.3 Å². The Balaban J connectivity index is 2.08. The van der Waals surface area contributed by atoms with Gasteiger partial charge in [-0.05, 0) is 31.9 Å². The Kier molecular flexibility index (Phi) is 5.38. The van der Waals surface area contributed by atoms with Crippen LogP contribution in [0.5, 0.6) is 0 Å². The van der Waals surface area contributed by atoms with E-state index in [1.165, 1.54) is 6.92 Å². The van der Waals surface area contributed by atoms with Crippen LogP contribution in [0.4, 0.5) is 0 Å². The maximum Gasteiger partial charge on any atom is 0.357 e. The molecule has 25 heavy (non-hydrogen) atoms. The number of pyridine rings is 1. The number of carbonyl (C=O) groups excluding carboxylic acids is 2. The minimum Gasteiger partial charge on any atom is -0.448 e. The number of hydrogen-bond donors (Lipinski definition) is 1. The molecule has 0 fully saturated rings. The summed E-state index contributed by atoms with van der Waals surface area (Å²) < 4.78 is 5.19. The lowest BCUT2D eigenvalue weighted by atomic mass is 9.90. The van der Waals surface area contributed by atoms with E-state index in [9.17, 15) is 14.9 Å². The Morgan fingerprint density at radius 1 is 1.20 bits per heavy atom. The Morgan fingerprint density at radius 2 is 1.88 bits per heavy atom. The van der Waals surface area contributed by atoms with Crippen molar-refractivity contribution in [2.75, 3.05) is 0 Å². The molecule has 0 unspecified atom stereocenters. The smallest absolute Gasteiger partial charge is 0.357 e. The second-order valence-corrected chi connectivity index (χ2v) is 6.39. The maximum absolute atomic E-state index is 12.2. The van der Waals surface area contributed by atoms with Gasteiger partial charge in [0.25, 0.3) is 5.91 Å². The molecule has 0 spiro atoms. The van der Waals surface area contributed by atoms with Crippen molar-refractivity contribution in [3.05, 3.63) is 42.1 Å². The number of fused-ring (bicyclic) bond motifs is 1. The highest BCUT2D eigenvalue weighted by molar-refractivity contribution is 5.93. The fraction of sp³-hybridized carbons (Fsp3) is 0.368. The quantitative estimate of drug-likeness (QED) is 0.846. The van der Waals surface area contributed by atoms with E-state index in [0.29, 0.717) is 5.52 Å². The highest BCUT2D eigenvalue weighted by atomic mass is 16.5. The molecule has 130 valence electrons. The van der Waals surface area contributed by atoms with Gasteiger partial charge >= 0.3 is 5.97 Å². The fourth-order valence-corrected chi connectivity index (χ4v) is 2.11. The lowest BCUT2D eigenvalue weighted by molar-refractivity contribution is -0.130. The Hall–Kier alpha value is -2.94. The number of hydrogen-bond acceptors (Lipinski definition) is 5. The van der Waals surface area contributed by atoms with Gasteiger partial charge < -0.3 is 10.1 Å². The molecule has 2 rings (SSSR count). The third-order valence-electron chi connectivity index (χ3n) is 4.23. The van der Waals surface area contributed by atoms with Crippen LogP contribution in [0.2, 0.25) is 0 Å². The summed E-state index contributed by atoms with van der Waals surface area (Å²) in [6.45, 7) is 6.76. The van der Waals surface area contributed by atoms with Crippen molar-refractivity contribution in [3.8, 4) is 6.07 Å². The second-order valence-electron chi connectivity index (χ2n) is 6.39. The van der Waals surface area contributed by atoms with Crippen LogP contribution < -0.4 is 5.32 Å². The van der Waals surface area contributed by atoms with E-state index in [0.717, 1.165) is 5.39 Å². The number of amides is 1. The van der Waals surface area contributed by atoms with Crippen molar-refractivity contribution in [1.29, 1.82) is 5.26 Å². The maximum atomic E-state index is 12.2. The number of nitrogens with one attached hydrogen (secondary N) is 1. The van der Waals surface area contributed by atoms with E-state index < -0.39 is 23.5 Å². The molecule has 1 aromatic carbocycles. The minimum absolute atomic E-state index is 0.0912. The molecule has 0 bridgehead atoms. The summed E-state index contributed by atoms with van der Waals surface area (Å²) in [6, 6.07) is 12.8. The number of ether oxygens (including phenoxy) is 1. The third kappa shape index (κ3) is 4.13. The molecule has 6 nitrogen and oxygen atoms in total. The summed E-state index contributed by atoms with van der Waals surface area (Å²) in [5.74, 6) is -1.30. The number of esters is 1. The second kappa shape index (κ2) is 7.31. The molecular formula is C19H21N3O3. The van der Waals surface area contributed by atoms with Crippen molar-refractivity contribution >= 4 is 22.8 Å². The molecule has 0 radical (unpaired) electrons. The van der Waals surface area contributed by atoms with E-state index in [1.54, 1.807) is 25.1 Å². The molecule has 0 aliphatic heterocycles. The number of rotatable bonds is 5. The fourth-order valence-electron chi connectivity index (χ4n) is 2.11. The number of benzene rings is 1. The summed E-state index contributed by atoms with van der Waals surface area (Å²) >= 11 is 0. The Labute approximate surface area is 146 Å². The predicted molar refractivity (Wildman–Crippen MR) is 93.6 cm³/mol. The van der Waals surface area contributed by atoms with E-state index in [4.69, 9.17) is 4.74 Å². The average Bonchev–Trinajstić information content (AvgIpc) is 2.60. The number of nitriles is 1. The number of nitrogens with zero attached hydrogens (tertiary/aromatic N) is 2. The van der Waals surface area contributed by atoms with Gasteiger partial charge in [-0.3, -0.25) is 4.79 Å². The molecule has 2 aromatic rings. The van der Waals surface area contributed by atoms with Gasteiger partial charge in [-0.15, -0.1) is 0 Å². The molecule has 2 atom stereocenters. The SMILES string of the molecule is CC(C)[C@](C)(C#N)NC(=O)[C@@H](C)OC(=O)c1ccc2ccccc2n1. The lowest BCUT2D eigenvalue weighted by Gasteiger charge is -2.28. The summed E-state index contributed by atoms with van der Waals surface area (Å²) in [7, 11) is 0. The van der Waals surface area contributed by atoms with E-state index in [1.807, 2.05) is 32.0 Å². The van der Waals surface area contributed by atoms with Crippen molar-refractivity contribution < 1.29 is 14.3 Å². The molecule has 0 aliphatic rings. The zero-order valence-corrected chi connectivity index (χ0v) is 14.7. The van der Waals surface area contributed by atoms with Gasteiger partial charge in [0.05, 0.1) is 11.6 Å². The van der Waals surface area contributed by atoms with Crippen LogP contribution in [0.1, 0.15) is 38.2 Å². The first-order valence-electron chi connectivity index (χ1n) is 8.07. The van der Waals surface area contributed by atoms with Gasteiger partial charge in [0, 0.05) is 5.39 Å². The molecule has 0 saturated heterocycles. The molecular weight excluding hydrogens is 318 g/mol. The summed E-state index contributed by atoms with van der Waals surface area (Å²) in [5, 5.41) is 12.8. The Morgan fingerprint density at radius 3 is 2.52 bits per heavy atom. The van der Waals surface area contributed by atoms with Gasteiger partial charge in [0.2, 0.25) is 0 Å². The standard InChI is InChI=1S/C19H21N3O3/c1-12(2)19(4,11-20)22-17(23)13(3)25-18(24)16-10-9-14-7-5-6-8-15(14)21-16/h5-10,12-13H,1-4H3,(H,22,23)/t13-,19+/m1/s1. The molecule has 0 aliphatic carbocycles. The first-order valence-corrected chi connectivity index (χ1v) is 8.07. The van der Waals surface area contributed by atoms with Crippen molar-refractivity contribution in [2.24, 2.45) is 5.92 Å². The summed E-state index contributed by atoms with van der Waals surface area (Å²) in [4.78, 5) is 28.7. The Bertz CT molecular complexity index is 841. The molecule has 6 heteroatoms. The van der Waals surface area contributed by atoms with Crippen molar-refractivity contribution in [1.82, 2.24) is 10.3 Å². The first-order chi connectivity index (χ1) is 11.8. The van der Waals surface area contributed by atoms with E-state index in [2.05, 4.69) is 16.4 Å². The van der Waals surface area contributed by atoms with Crippen LogP contribution in [0, 0.1) is 17.2 Å². The lowest BCUT2D eigenvalue weighted by Crippen LogP contribution is -2.52. The number of aromatic nitrogens is 1. The minimum atomic E-state index is -1.04. The number of carbonyl (C=O) groups is 2. The van der Waals surface area contributed by atoms with Gasteiger partial charge in [0.15, 0.2) is 6.10 Å². The molecule has 1 N–H and O–H groups in total. The summed E-state index contributed by atoms with van der Waals surface area (Å²) in [6.07, 6.45) is -1.04. The van der Waals surface area contributed by atoms with Gasteiger partial charge in [-0.1, -0.05) is 38.1 Å². The monoisotopic (exact) mass is 339 g/mol. The van der Waals surface area contributed by atoms with Gasteiger partial charge in [0.1, 0.15) is 11.2 Å². The zero-order chi connectivity index (χ0) is 18.6. The molecule has 1 heterocycles. The first kappa shape index (κ1) is 18.4. The summed E-state index contributed by atoms with van der Waals surface area (Å²) in [5.41, 5.74) is -0.227.